The molecule has 5 N–H and O–H groups in total. The first kappa shape index (κ1) is 27.2. The second-order valence-electron chi connectivity index (χ2n) is 8.04. The molecule has 0 fully saturated rings. The first-order valence-corrected chi connectivity index (χ1v) is 12.1. The molecule has 2 amide bonds. The number of aromatic carboxylic acids is 1. The van der Waals surface area contributed by atoms with Crippen LogP contribution in [0.4, 0.5) is 5.69 Å². The predicted octanol–water partition coefficient (Wildman–Crippen LogP) is 6.40. The van der Waals surface area contributed by atoms with Crippen LogP contribution in [0.25, 0.3) is 10.9 Å². The molecular formula is C28H20Cl2N4O5. The first-order valence-electron chi connectivity index (χ1n) is 11.3. The minimum absolute atomic E-state index is 0.0994. The Balaban J connectivity index is 0.000000333. The molecule has 0 bridgehead atoms. The average molecular weight is 563 g/mol. The van der Waals surface area contributed by atoms with E-state index in [0.29, 0.717) is 49.4 Å². The summed E-state index contributed by atoms with van der Waals surface area (Å²) in [6.07, 6.45) is 1.46. The van der Waals surface area contributed by atoms with Gasteiger partial charge in [0.2, 0.25) is 11.8 Å². The second-order valence-corrected chi connectivity index (χ2v) is 8.85. The number of amides is 2. The van der Waals surface area contributed by atoms with Gasteiger partial charge >= 0.3 is 5.97 Å². The van der Waals surface area contributed by atoms with Crippen molar-refractivity contribution in [3.05, 3.63) is 118 Å². The number of carbonyl (C=O) groups excluding carboxylic acids is 2. The Kier molecular flexibility index (Phi) is 8.45. The van der Waals surface area contributed by atoms with Gasteiger partial charge in [-0.05, 0) is 60.7 Å². The minimum atomic E-state index is -1.03. The molecule has 0 atom stereocenters. The van der Waals surface area contributed by atoms with Gasteiger partial charge in [0.15, 0.2) is 0 Å². The van der Waals surface area contributed by atoms with E-state index in [1.807, 2.05) is 6.07 Å². The number of aromatic nitrogens is 2. The molecule has 5 aromatic rings. The van der Waals surface area contributed by atoms with Crippen molar-refractivity contribution in [2.75, 3.05) is 5.32 Å². The molecule has 0 saturated carbocycles. The lowest BCUT2D eigenvalue weighted by Crippen LogP contribution is -2.12. The van der Waals surface area contributed by atoms with Gasteiger partial charge in [-0.25, -0.2) is 9.78 Å². The zero-order valence-corrected chi connectivity index (χ0v) is 21.5. The van der Waals surface area contributed by atoms with Crippen LogP contribution in [0.5, 0.6) is 11.6 Å². The summed E-state index contributed by atoms with van der Waals surface area (Å²) in [6, 6.07) is 23.3. The number of ether oxygens (including phenoxy) is 1. The Bertz CT molecular complexity index is 1650. The van der Waals surface area contributed by atoms with Crippen LogP contribution in [0.1, 0.15) is 31.2 Å². The highest BCUT2D eigenvalue weighted by Crippen LogP contribution is 2.26. The van der Waals surface area contributed by atoms with Crippen molar-refractivity contribution in [1.82, 2.24) is 9.97 Å². The minimum Gasteiger partial charge on any atom is -0.477 e. The van der Waals surface area contributed by atoms with E-state index in [1.54, 1.807) is 66.7 Å². The second kappa shape index (κ2) is 12.1. The number of carboxylic acids is 1. The van der Waals surface area contributed by atoms with E-state index in [4.69, 9.17) is 38.8 Å². The molecule has 5 rings (SSSR count). The Hall–Kier alpha value is -4.86. The SMILES string of the molecule is NC(=O)c1ccccc1.O=C(Nc1ccc(Oc2ccc3[nH]c(C(=O)O)cc3c2)nc1)c1ccc(Cl)c(Cl)c1. The molecule has 0 saturated heterocycles. The highest BCUT2D eigenvalue weighted by molar-refractivity contribution is 6.42. The smallest absolute Gasteiger partial charge is 0.352 e. The number of H-pyrrole nitrogens is 1. The van der Waals surface area contributed by atoms with Gasteiger partial charge in [0.1, 0.15) is 11.4 Å². The molecule has 196 valence electrons. The number of primary amides is 1. The van der Waals surface area contributed by atoms with E-state index in [9.17, 15) is 14.4 Å². The topological polar surface area (TPSA) is 147 Å². The third kappa shape index (κ3) is 7.13. The number of fused-ring (bicyclic) bond motifs is 1. The number of nitrogens with one attached hydrogen (secondary N) is 2. The molecule has 2 heterocycles. The lowest BCUT2D eigenvalue weighted by molar-refractivity contribution is 0.0691. The van der Waals surface area contributed by atoms with Gasteiger partial charge in [-0.2, -0.15) is 0 Å². The number of carbonyl (C=O) groups is 3. The number of anilines is 1. The van der Waals surface area contributed by atoms with Gasteiger partial charge in [0.05, 0.1) is 21.9 Å². The fourth-order valence-corrected chi connectivity index (χ4v) is 3.67. The number of hydrogen-bond acceptors (Lipinski definition) is 5. The van der Waals surface area contributed by atoms with E-state index in [1.165, 1.54) is 18.3 Å². The molecule has 2 aromatic heterocycles. The summed E-state index contributed by atoms with van der Waals surface area (Å²) < 4.78 is 5.71. The van der Waals surface area contributed by atoms with Crippen molar-refractivity contribution in [2.45, 2.75) is 0 Å². The van der Waals surface area contributed by atoms with Gasteiger partial charge in [0, 0.05) is 28.1 Å². The van der Waals surface area contributed by atoms with E-state index in [-0.39, 0.29) is 17.5 Å². The van der Waals surface area contributed by atoms with Gasteiger partial charge in [0.25, 0.3) is 5.91 Å². The molecular weight excluding hydrogens is 543 g/mol. The zero-order chi connectivity index (χ0) is 27.9. The molecule has 3 aromatic carbocycles. The number of hydrogen-bond donors (Lipinski definition) is 4. The van der Waals surface area contributed by atoms with E-state index >= 15 is 0 Å². The number of rotatable bonds is 6. The fourth-order valence-electron chi connectivity index (χ4n) is 3.37. The molecule has 9 nitrogen and oxygen atoms in total. The number of nitrogens with zero attached hydrogens (tertiary/aromatic N) is 1. The molecule has 0 spiro atoms. The van der Waals surface area contributed by atoms with Gasteiger partial charge < -0.3 is 25.9 Å². The molecule has 0 unspecified atom stereocenters. The normalized spacial score (nSPS) is 10.3. The molecule has 0 aliphatic heterocycles. The largest absolute Gasteiger partial charge is 0.477 e. The van der Waals surface area contributed by atoms with Gasteiger partial charge in [-0.1, -0.05) is 41.4 Å². The Morgan fingerprint density at radius 3 is 2.26 bits per heavy atom. The van der Waals surface area contributed by atoms with Crippen LogP contribution in [0.15, 0.2) is 91.1 Å². The number of benzene rings is 3. The summed E-state index contributed by atoms with van der Waals surface area (Å²) >= 11 is 11.8. The third-order valence-corrected chi connectivity index (χ3v) is 6.02. The van der Waals surface area contributed by atoms with Crippen molar-refractivity contribution < 1.29 is 24.2 Å². The van der Waals surface area contributed by atoms with Crippen molar-refractivity contribution in [3.8, 4) is 11.6 Å². The van der Waals surface area contributed by atoms with Crippen LogP contribution < -0.4 is 15.8 Å². The number of pyridine rings is 1. The number of nitrogens with two attached hydrogens (primary N) is 1. The first-order chi connectivity index (χ1) is 18.7. The van der Waals surface area contributed by atoms with Crippen LogP contribution in [-0.4, -0.2) is 32.9 Å². The summed E-state index contributed by atoms with van der Waals surface area (Å²) in [5.74, 6) is -0.949. The van der Waals surface area contributed by atoms with Crippen LogP contribution >= 0.6 is 23.2 Å². The Morgan fingerprint density at radius 2 is 1.64 bits per heavy atom. The number of aromatic amines is 1. The molecule has 0 aliphatic rings. The summed E-state index contributed by atoms with van der Waals surface area (Å²) in [5.41, 5.74) is 7.16. The molecule has 0 radical (unpaired) electrons. The van der Waals surface area contributed by atoms with Gasteiger partial charge in [-0.15, -0.1) is 0 Å². The average Bonchev–Trinajstić information content (AvgIpc) is 3.36. The van der Waals surface area contributed by atoms with Crippen LogP contribution in [0.2, 0.25) is 10.0 Å². The monoisotopic (exact) mass is 562 g/mol. The van der Waals surface area contributed by atoms with Crippen molar-refractivity contribution in [2.24, 2.45) is 5.73 Å². The van der Waals surface area contributed by atoms with E-state index in [2.05, 4.69) is 15.3 Å². The maximum Gasteiger partial charge on any atom is 0.352 e. The summed E-state index contributed by atoms with van der Waals surface area (Å²) in [5, 5.41) is 13.1. The Morgan fingerprint density at radius 1 is 0.872 bits per heavy atom. The van der Waals surface area contributed by atoms with Crippen LogP contribution in [0, 0.1) is 0 Å². The van der Waals surface area contributed by atoms with Crippen molar-refractivity contribution in [3.63, 3.8) is 0 Å². The lowest BCUT2D eigenvalue weighted by atomic mass is 10.2. The maximum atomic E-state index is 12.3. The van der Waals surface area contributed by atoms with Crippen molar-refractivity contribution >= 4 is 57.6 Å². The zero-order valence-electron chi connectivity index (χ0n) is 20.0. The third-order valence-electron chi connectivity index (χ3n) is 5.28. The standard InChI is InChI=1S/C21H13Cl2N3O4.C7H7NO/c22-15-4-1-11(8-16(15)23)20(27)25-13-2-6-19(24-10-13)30-14-3-5-17-12(7-14)9-18(26-17)21(28)29;8-7(9)6-4-2-1-3-5-6/h1-10,26H,(H,25,27)(H,28,29);1-5H,(H2,8,9). The molecule has 11 heteroatoms. The number of halogens is 2. The van der Waals surface area contributed by atoms with Gasteiger partial charge in [-0.3, -0.25) is 9.59 Å². The van der Waals surface area contributed by atoms with E-state index < -0.39 is 5.97 Å². The van der Waals surface area contributed by atoms with Crippen LogP contribution in [-0.2, 0) is 0 Å². The summed E-state index contributed by atoms with van der Waals surface area (Å²) in [6.45, 7) is 0. The predicted molar refractivity (Wildman–Crippen MR) is 149 cm³/mol. The molecule has 39 heavy (non-hydrogen) atoms. The number of carboxylic acid groups (broad SMARTS) is 1. The summed E-state index contributed by atoms with van der Waals surface area (Å²) in [4.78, 5) is 40.8. The van der Waals surface area contributed by atoms with E-state index in [0.717, 1.165) is 0 Å². The lowest BCUT2D eigenvalue weighted by Gasteiger charge is -2.08. The molecule has 0 aliphatic carbocycles. The highest BCUT2D eigenvalue weighted by Gasteiger charge is 2.11. The van der Waals surface area contributed by atoms with Crippen LogP contribution in [0.3, 0.4) is 0 Å². The Labute approximate surface area is 232 Å². The van der Waals surface area contributed by atoms with Crippen molar-refractivity contribution in [1.29, 1.82) is 0 Å². The maximum absolute atomic E-state index is 12.3. The highest BCUT2D eigenvalue weighted by atomic mass is 35.5. The summed E-state index contributed by atoms with van der Waals surface area (Å²) in [7, 11) is 0. The fraction of sp³-hybridized carbons (Fsp3) is 0. The quantitative estimate of drug-likeness (QED) is 0.188.